The molecule has 0 atom stereocenters. The van der Waals surface area contributed by atoms with E-state index in [9.17, 15) is 9.59 Å². The Morgan fingerprint density at radius 1 is 1.07 bits per heavy atom. The van der Waals surface area contributed by atoms with Gasteiger partial charge in [-0.05, 0) is 37.5 Å². The molecule has 2 amide bonds. The maximum absolute atomic E-state index is 13.0. The monoisotopic (exact) mass is 405 g/mol. The third-order valence-corrected chi connectivity index (χ3v) is 5.58. The van der Waals surface area contributed by atoms with E-state index in [0.29, 0.717) is 32.0 Å². The maximum Gasteiger partial charge on any atom is 0.315 e. The van der Waals surface area contributed by atoms with Crippen molar-refractivity contribution >= 4 is 22.9 Å². The van der Waals surface area contributed by atoms with Crippen LogP contribution in [-0.4, -0.2) is 34.7 Å². The number of fused-ring (bicyclic) bond motifs is 1. The number of piperidine rings is 1. The van der Waals surface area contributed by atoms with Crippen molar-refractivity contribution in [2.24, 2.45) is 0 Å². The molecule has 0 saturated carbocycles. The molecular formula is C23H27N5O2. The molecular weight excluding hydrogens is 378 g/mol. The smallest absolute Gasteiger partial charge is 0.315 e. The number of aromatic nitrogens is 2. The number of nitrogens with zero attached hydrogens (tertiary/aromatic N) is 3. The summed E-state index contributed by atoms with van der Waals surface area (Å²) < 4.78 is 1.78. The summed E-state index contributed by atoms with van der Waals surface area (Å²) in [6.07, 6.45) is 1.55. The first-order valence-corrected chi connectivity index (χ1v) is 10.5. The van der Waals surface area contributed by atoms with Crippen molar-refractivity contribution in [2.45, 2.75) is 38.9 Å². The summed E-state index contributed by atoms with van der Waals surface area (Å²) >= 11 is 0. The van der Waals surface area contributed by atoms with Gasteiger partial charge in [0.15, 0.2) is 5.82 Å². The first-order valence-electron chi connectivity index (χ1n) is 10.5. The maximum atomic E-state index is 13.0. The minimum atomic E-state index is -0.158. The number of carbonyl (C=O) groups is 1. The van der Waals surface area contributed by atoms with E-state index in [2.05, 4.69) is 15.6 Å². The highest BCUT2D eigenvalue weighted by molar-refractivity contribution is 5.76. The van der Waals surface area contributed by atoms with Crippen molar-refractivity contribution < 1.29 is 4.79 Å². The fraction of sp³-hybridized carbons (Fsp3) is 0.348. The van der Waals surface area contributed by atoms with Gasteiger partial charge in [0.2, 0.25) is 0 Å². The Balaban J connectivity index is 1.37. The molecule has 2 N–H and O–H groups in total. The Kier molecular flexibility index (Phi) is 5.97. The predicted octanol–water partition coefficient (Wildman–Crippen LogP) is 2.88. The topological polar surface area (TPSA) is 79.3 Å². The Labute approximate surface area is 175 Å². The van der Waals surface area contributed by atoms with Crippen LogP contribution in [0.3, 0.4) is 0 Å². The molecule has 2 heterocycles. The number of rotatable bonds is 5. The van der Waals surface area contributed by atoms with Gasteiger partial charge in [0.1, 0.15) is 0 Å². The van der Waals surface area contributed by atoms with Crippen LogP contribution in [0.25, 0.3) is 11.0 Å². The van der Waals surface area contributed by atoms with Crippen molar-refractivity contribution in [2.75, 3.05) is 18.0 Å². The first-order chi connectivity index (χ1) is 14.7. The summed E-state index contributed by atoms with van der Waals surface area (Å²) in [6.45, 7) is 4.46. The molecule has 0 bridgehead atoms. The van der Waals surface area contributed by atoms with Crippen LogP contribution in [0.1, 0.15) is 25.3 Å². The average molecular weight is 406 g/mol. The molecule has 4 rings (SSSR count). The second kappa shape index (κ2) is 8.98. The zero-order chi connectivity index (χ0) is 20.9. The first kappa shape index (κ1) is 19.9. The molecule has 0 radical (unpaired) electrons. The highest BCUT2D eigenvalue weighted by Gasteiger charge is 2.24. The van der Waals surface area contributed by atoms with Crippen molar-refractivity contribution in [1.29, 1.82) is 0 Å². The number of hydrogen-bond acceptors (Lipinski definition) is 4. The van der Waals surface area contributed by atoms with Crippen LogP contribution < -0.4 is 21.1 Å². The summed E-state index contributed by atoms with van der Waals surface area (Å²) in [6, 6.07) is 17.5. The van der Waals surface area contributed by atoms with Crippen LogP contribution in [0.4, 0.5) is 10.6 Å². The van der Waals surface area contributed by atoms with Gasteiger partial charge in [0, 0.05) is 32.2 Å². The van der Waals surface area contributed by atoms with Crippen molar-refractivity contribution in [3.05, 3.63) is 70.5 Å². The van der Waals surface area contributed by atoms with E-state index in [1.54, 1.807) is 4.57 Å². The summed E-state index contributed by atoms with van der Waals surface area (Å²) in [5, 5.41) is 5.95. The quantitative estimate of drug-likeness (QED) is 0.684. The molecule has 2 aromatic carbocycles. The zero-order valence-electron chi connectivity index (χ0n) is 17.2. The molecule has 0 unspecified atom stereocenters. The SMILES string of the molecule is CCn1c(=O)c(N2CCC(NC(=O)NCc3ccccc3)CC2)nc2ccccc21. The number of carbonyl (C=O) groups excluding carboxylic acids is 1. The number of para-hydroxylation sites is 2. The summed E-state index contributed by atoms with van der Waals surface area (Å²) in [5.74, 6) is 0.502. The second-order valence-electron chi connectivity index (χ2n) is 7.55. The molecule has 0 spiro atoms. The van der Waals surface area contributed by atoms with E-state index in [1.165, 1.54) is 0 Å². The van der Waals surface area contributed by atoms with Crippen LogP contribution in [0.15, 0.2) is 59.4 Å². The normalized spacial score (nSPS) is 14.6. The van der Waals surface area contributed by atoms with Crippen molar-refractivity contribution in [3.8, 4) is 0 Å². The van der Waals surface area contributed by atoms with Crippen LogP contribution >= 0.6 is 0 Å². The van der Waals surface area contributed by atoms with Gasteiger partial charge in [-0.1, -0.05) is 42.5 Å². The molecule has 1 fully saturated rings. The van der Waals surface area contributed by atoms with Gasteiger partial charge in [0.25, 0.3) is 5.56 Å². The molecule has 1 aliphatic rings. The predicted molar refractivity (Wildman–Crippen MR) is 119 cm³/mol. The average Bonchev–Trinajstić information content (AvgIpc) is 2.79. The minimum absolute atomic E-state index is 0.0526. The van der Waals surface area contributed by atoms with Gasteiger partial charge in [-0.2, -0.15) is 0 Å². The largest absolute Gasteiger partial charge is 0.352 e. The zero-order valence-corrected chi connectivity index (χ0v) is 17.2. The van der Waals surface area contributed by atoms with E-state index in [4.69, 9.17) is 0 Å². The number of aryl methyl sites for hydroxylation is 1. The Morgan fingerprint density at radius 2 is 1.77 bits per heavy atom. The lowest BCUT2D eigenvalue weighted by atomic mass is 10.1. The fourth-order valence-corrected chi connectivity index (χ4v) is 3.95. The molecule has 156 valence electrons. The molecule has 0 aliphatic carbocycles. The summed E-state index contributed by atoms with van der Waals surface area (Å²) in [4.78, 5) is 31.9. The third-order valence-electron chi connectivity index (χ3n) is 5.58. The van der Waals surface area contributed by atoms with Crippen molar-refractivity contribution in [3.63, 3.8) is 0 Å². The Hall–Kier alpha value is -3.35. The standard InChI is InChI=1S/C23H27N5O2/c1-2-28-20-11-7-6-10-19(20)26-21(22(28)29)27-14-12-18(13-15-27)25-23(30)24-16-17-8-4-3-5-9-17/h3-11,18H,2,12-16H2,1H3,(H2,24,25,30). The molecule has 7 nitrogen and oxygen atoms in total. The minimum Gasteiger partial charge on any atom is -0.352 e. The van der Waals surface area contributed by atoms with E-state index in [1.807, 2.05) is 66.4 Å². The van der Waals surface area contributed by atoms with Gasteiger partial charge in [-0.25, -0.2) is 9.78 Å². The number of benzene rings is 2. The van der Waals surface area contributed by atoms with Gasteiger partial charge < -0.3 is 20.1 Å². The lowest BCUT2D eigenvalue weighted by molar-refractivity contribution is 0.234. The lowest BCUT2D eigenvalue weighted by Gasteiger charge is -2.33. The van der Waals surface area contributed by atoms with E-state index in [0.717, 1.165) is 29.4 Å². The summed E-state index contributed by atoms with van der Waals surface area (Å²) in [7, 11) is 0. The van der Waals surface area contributed by atoms with Crippen molar-refractivity contribution in [1.82, 2.24) is 20.2 Å². The highest BCUT2D eigenvalue weighted by Crippen LogP contribution is 2.18. The van der Waals surface area contributed by atoms with Gasteiger partial charge in [-0.3, -0.25) is 4.79 Å². The van der Waals surface area contributed by atoms with Crippen LogP contribution in [-0.2, 0) is 13.1 Å². The summed E-state index contributed by atoms with van der Waals surface area (Å²) in [5.41, 5.74) is 2.70. The Morgan fingerprint density at radius 3 is 2.50 bits per heavy atom. The van der Waals surface area contributed by atoms with Crippen LogP contribution in [0, 0.1) is 0 Å². The molecule has 7 heteroatoms. The van der Waals surface area contributed by atoms with E-state index >= 15 is 0 Å². The number of urea groups is 1. The van der Waals surface area contributed by atoms with E-state index in [-0.39, 0.29) is 17.6 Å². The fourth-order valence-electron chi connectivity index (χ4n) is 3.95. The molecule has 3 aromatic rings. The number of amides is 2. The molecule has 1 aliphatic heterocycles. The number of hydrogen-bond donors (Lipinski definition) is 2. The molecule has 1 saturated heterocycles. The van der Waals surface area contributed by atoms with Gasteiger partial charge >= 0.3 is 6.03 Å². The third kappa shape index (κ3) is 4.30. The van der Waals surface area contributed by atoms with Gasteiger partial charge in [0.05, 0.1) is 11.0 Å². The van der Waals surface area contributed by atoms with Crippen LogP contribution in [0.5, 0.6) is 0 Å². The van der Waals surface area contributed by atoms with Gasteiger partial charge in [-0.15, -0.1) is 0 Å². The highest BCUT2D eigenvalue weighted by atomic mass is 16.2. The number of anilines is 1. The molecule has 30 heavy (non-hydrogen) atoms. The van der Waals surface area contributed by atoms with Crippen LogP contribution in [0.2, 0.25) is 0 Å². The lowest BCUT2D eigenvalue weighted by Crippen LogP contribution is -2.49. The molecule has 1 aromatic heterocycles. The Bertz CT molecular complexity index is 1070. The van der Waals surface area contributed by atoms with E-state index < -0.39 is 0 Å². The number of nitrogens with one attached hydrogen (secondary N) is 2. The second-order valence-corrected chi connectivity index (χ2v) is 7.55.